The molecule has 1 aromatic heterocycles. The molecular weight excluding hydrogens is 394 g/mol. The molecule has 0 aliphatic rings. The molecule has 0 saturated carbocycles. The second kappa shape index (κ2) is 8.95. The highest BCUT2D eigenvalue weighted by atomic mass is 19.2. The molecule has 0 fully saturated rings. The molecule has 5 N–H and O–H groups in total. The molecule has 154 valence electrons. The van der Waals surface area contributed by atoms with Crippen LogP contribution in [-0.4, -0.2) is 21.8 Å². The van der Waals surface area contributed by atoms with Crippen molar-refractivity contribution < 1.29 is 18.4 Å². The molecular formula is C20H18F2N6O2. The lowest BCUT2D eigenvalue weighted by molar-refractivity contribution is -0.114. The number of amides is 2. The van der Waals surface area contributed by atoms with Crippen molar-refractivity contribution in [1.29, 1.82) is 0 Å². The first-order chi connectivity index (χ1) is 14.3. The Morgan fingerprint density at radius 3 is 2.57 bits per heavy atom. The normalized spacial score (nSPS) is 10.4. The van der Waals surface area contributed by atoms with Gasteiger partial charge in [0.2, 0.25) is 11.9 Å². The molecule has 30 heavy (non-hydrogen) atoms. The Kier molecular flexibility index (Phi) is 6.16. The van der Waals surface area contributed by atoms with Crippen LogP contribution in [0.15, 0.2) is 48.7 Å². The summed E-state index contributed by atoms with van der Waals surface area (Å²) in [5, 5.41) is 8.39. The molecule has 10 heteroatoms. The summed E-state index contributed by atoms with van der Waals surface area (Å²) in [7, 11) is 0. The number of anilines is 4. The van der Waals surface area contributed by atoms with Crippen LogP contribution in [0.1, 0.15) is 22.8 Å². The predicted octanol–water partition coefficient (Wildman–Crippen LogP) is 3.17. The summed E-state index contributed by atoms with van der Waals surface area (Å²) in [5.74, 6) is -2.79. The van der Waals surface area contributed by atoms with Crippen molar-refractivity contribution >= 4 is 35.0 Å². The van der Waals surface area contributed by atoms with E-state index in [2.05, 4.69) is 25.9 Å². The number of rotatable bonds is 7. The molecule has 2 amide bonds. The summed E-state index contributed by atoms with van der Waals surface area (Å²) in [5.41, 5.74) is 6.55. The molecule has 0 saturated heterocycles. The first-order valence-corrected chi connectivity index (χ1v) is 8.82. The van der Waals surface area contributed by atoms with Crippen LogP contribution in [0.5, 0.6) is 0 Å². The maximum Gasteiger partial charge on any atom is 0.254 e. The van der Waals surface area contributed by atoms with Gasteiger partial charge in [0, 0.05) is 36.6 Å². The van der Waals surface area contributed by atoms with E-state index < -0.39 is 17.5 Å². The first kappa shape index (κ1) is 20.6. The van der Waals surface area contributed by atoms with E-state index in [9.17, 15) is 18.4 Å². The van der Waals surface area contributed by atoms with Gasteiger partial charge < -0.3 is 21.7 Å². The van der Waals surface area contributed by atoms with Crippen LogP contribution in [0, 0.1) is 11.6 Å². The lowest BCUT2D eigenvalue weighted by Gasteiger charge is -2.12. The summed E-state index contributed by atoms with van der Waals surface area (Å²) < 4.78 is 27.3. The van der Waals surface area contributed by atoms with Crippen LogP contribution in [0.4, 0.5) is 31.9 Å². The molecule has 3 aromatic rings. The molecule has 8 nitrogen and oxygen atoms in total. The van der Waals surface area contributed by atoms with E-state index >= 15 is 0 Å². The van der Waals surface area contributed by atoms with Gasteiger partial charge in [0.1, 0.15) is 5.82 Å². The number of carbonyl (C=O) groups is 2. The summed E-state index contributed by atoms with van der Waals surface area (Å²) >= 11 is 0. The Hall–Kier alpha value is -4.08. The van der Waals surface area contributed by atoms with Gasteiger partial charge in [-0.1, -0.05) is 18.2 Å². The molecule has 0 bridgehead atoms. The fourth-order valence-electron chi connectivity index (χ4n) is 2.63. The molecule has 1 heterocycles. The molecule has 3 rings (SSSR count). The minimum atomic E-state index is -0.993. The Morgan fingerprint density at radius 1 is 1.10 bits per heavy atom. The number of nitrogens with two attached hydrogens (primary N) is 1. The standard InChI is InChI=1S/C20H18F2N6O2/c1-11(29)26-13-5-3-6-14(8-13)27-20-25-10-15(18(23)30)19(28-20)24-9-12-4-2-7-16(21)17(12)22/h2-8,10H,9H2,1H3,(H2,23,30)(H,26,29)(H2,24,25,27,28). The fourth-order valence-corrected chi connectivity index (χ4v) is 2.63. The van der Waals surface area contributed by atoms with Gasteiger partial charge in [-0.25, -0.2) is 13.8 Å². The van der Waals surface area contributed by atoms with Crippen LogP contribution in [0.25, 0.3) is 0 Å². The first-order valence-electron chi connectivity index (χ1n) is 8.82. The fraction of sp³-hybridized carbons (Fsp3) is 0.100. The third-order valence-corrected chi connectivity index (χ3v) is 3.97. The van der Waals surface area contributed by atoms with Crippen molar-refractivity contribution in [2.24, 2.45) is 5.73 Å². The Morgan fingerprint density at radius 2 is 1.83 bits per heavy atom. The highest BCUT2D eigenvalue weighted by molar-refractivity contribution is 5.97. The number of benzene rings is 2. The second-order valence-corrected chi connectivity index (χ2v) is 6.27. The minimum absolute atomic E-state index is 0.00985. The third-order valence-electron chi connectivity index (χ3n) is 3.97. The van der Waals surface area contributed by atoms with Crippen molar-refractivity contribution in [3.05, 3.63) is 71.4 Å². The van der Waals surface area contributed by atoms with Gasteiger partial charge in [-0.2, -0.15) is 4.98 Å². The summed E-state index contributed by atoms with van der Waals surface area (Å²) in [6.45, 7) is 1.27. The molecule has 0 aliphatic heterocycles. The molecule has 0 spiro atoms. The molecule has 0 aliphatic carbocycles. The molecule has 2 aromatic carbocycles. The van der Waals surface area contributed by atoms with E-state index in [4.69, 9.17) is 5.73 Å². The van der Waals surface area contributed by atoms with Crippen LogP contribution >= 0.6 is 0 Å². The number of aromatic nitrogens is 2. The topological polar surface area (TPSA) is 122 Å². The minimum Gasteiger partial charge on any atom is -0.365 e. The van der Waals surface area contributed by atoms with Gasteiger partial charge in [0.05, 0.1) is 5.56 Å². The monoisotopic (exact) mass is 412 g/mol. The van der Waals surface area contributed by atoms with Gasteiger partial charge in [-0.05, 0) is 24.3 Å². The van der Waals surface area contributed by atoms with Crippen molar-refractivity contribution in [3.63, 3.8) is 0 Å². The van der Waals surface area contributed by atoms with Gasteiger partial charge in [-0.15, -0.1) is 0 Å². The van der Waals surface area contributed by atoms with E-state index in [1.165, 1.54) is 25.3 Å². The van der Waals surface area contributed by atoms with Gasteiger partial charge >= 0.3 is 0 Å². The maximum absolute atomic E-state index is 13.9. The highest BCUT2D eigenvalue weighted by Gasteiger charge is 2.14. The Labute approximate surface area is 170 Å². The Balaban J connectivity index is 1.83. The second-order valence-electron chi connectivity index (χ2n) is 6.27. The van der Waals surface area contributed by atoms with E-state index in [-0.39, 0.29) is 35.3 Å². The van der Waals surface area contributed by atoms with Gasteiger partial charge in [0.15, 0.2) is 11.6 Å². The van der Waals surface area contributed by atoms with Crippen LogP contribution in [0.3, 0.4) is 0 Å². The van der Waals surface area contributed by atoms with Crippen molar-refractivity contribution in [2.45, 2.75) is 13.5 Å². The van der Waals surface area contributed by atoms with E-state index in [1.54, 1.807) is 24.3 Å². The number of hydrogen-bond donors (Lipinski definition) is 4. The van der Waals surface area contributed by atoms with Crippen molar-refractivity contribution in [1.82, 2.24) is 9.97 Å². The van der Waals surface area contributed by atoms with Crippen molar-refractivity contribution in [3.8, 4) is 0 Å². The Bertz CT molecular complexity index is 1110. The van der Waals surface area contributed by atoms with Crippen molar-refractivity contribution in [2.75, 3.05) is 16.0 Å². The van der Waals surface area contributed by atoms with Gasteiger partial charge in [0.25, 0.3) is 5.91 Å². The number of halogens is 2. The molecule has 0 unspecified atom stereocenters. The zero-order valence-corrected chi connectivity index (χ0v) is 15.9. The van der Waals surface area contributed by atoms with Crippen LogP contribution < -0.4 is 21.7 Å². The van der Waals surface area contributed by atoms with E-state index in [1.807, 2.05) is 0 Å². The maximum atomic E-state index is 13.9. The quantitative estimate of drug-likeness (QED) is 0.473. The highest BCUT2D eigenvalue weighted by Crippen LogP contribution is 2.21. The molecule has 0 atom stereocenters. The number of primary amides is 1. The lowest BCUT2D eigenvalue weighted by atomic mass is 10.2. The average molecular weight is 412 g/mol. The van der Waals surface area contributed by atoms with Crippen LogP contribution in [0.2, 0.25) is 0 Å². The summed E-state index contributed by atoms with van der Waals surface area (Å²) in [6, 6.07) is 10.6. The van der Waals surface area contributed by atoms with E-state index in [0.29, 0.717) is 11.4 Å². The number of nitrogens with one attached hydrogen (secondary N) is 3. The average Bonchev–Trinajstić information content (AvgIpc) is 2.69. The zero-order chi connectivity index (χ0) is 21.7. The largest absolute Gasteiger partial charge is 0.365 e. The zero-order valence-electron chi connectivity index (χ0n) is 15.9. The van der Waals surface area contributed by atoms with Gasteiger partial charge in [-0.3, -0.25) is 9.59 Å². The summed E-state index contributed by atoms with van der Waals surface area (Å²) in [6.07, 6.45) is 1.22. The number of carbonyl (C=O) groups excluding carboxylic acids is 2. The third kappa shape index (κ3) is 5.04. The lowest BCUT2D eigenvalue weighted by Crippen LogP contribution is -2.17. The number of hydrogen-bond acceptors (Lipinski definition) is 6. The number of nitrogens with zero attached hydrogens (tertiary/aromatic N) is 2. The molecule has 0 radical (unpaired) electrons. The summed E-state index contributed by atoms with van der Waals surface area (Å²) in [4.78, 5) is 31.1. The van der Waals surface area contributed by atoms with Crippen LogP contribution in [-0.2, 0) is 11.3 Å². The smallest absolute Gasteiger partial charge is 0.254 e. The predicted molar refractivity (Wildman–Crippen MR) is 108 cm³/mol. The van der Waals surface area contributed by atoms with E-state index in [0.717, 1.165) is 6.07 Å². The SMILES string of the molecule is CC(=O)Nc1cccc(Nc2ncc(C(N)=O)c(NCc3cccc(F)c3F)n2)c1.